The molecule has 1 aromatic rings. The molecule has 1 amide bonds. The molecule has 0 bridgehead atoms. The zero-order chi connectivity index (χ0) is 14.5. The molecule has 1 aliphatic rings. The van der Waals surface area contributed by atoms with Gasteiger partial charge in [-0.25, -0.2) is 0 Å². The van der Waals surface area contributed by atoms with Crippen LogP contribution < -0.4 is 5.32 Å². The number of thiophene rings is 1. The van der Waals surface area contributed by atoms with E-state index in [1.54, 1.807) is 11.3 Å². The summed E-state index contributed by atoms with van der Waals surface area (Å²) in [6.07, 6.45) is 3.49. The zero-order valence-corrected chi connectivity index (χ0v) is 13.7. The summed E-state index contributed by atoms with van der Waals surface area (Å²) in [5.41, 5.74) is 1.23. The summed E-state index contributed by atoms with van der Waals surface area (Å²) in [7, 11) is 0. The highest BCUT2D eigenvalue weighted by Crippen LogP contribution is 2.23. The van der Waals surface area contributed by atoms with Crippen LogP contribution in [0.1, 0.15) is 46.3 Å². The lowest BCUT2D eigenvalue weighted by Crippen LogP contribution is -2.41. The number of hydrogen-bond donors (Lipinski definition) is 1. The largest absolute Gasteiger partial charge is 0.338 e. The molecule has 4 heteroatoms. The fourth-order valence-corrected chi connectivity index (χ4v) is 3.77. The van der Waals surface area contributed by atoms with E-state index in [0.29, 0.717) is 5.92 Å². The summed E-state index contributed by atoms with van der Waals surface area (Å²) >= 11 is 1.63. The van der Waals surface area contributed by atoms with E-state index >= 15 is 0 Å². The second kappa shape index (κ2) is 7.23. The van der Waals surface area contributed by atoms with Gasteiger partial charge in [0.2, 0.25) is 0 Å². The average Bonchev–Trinajstić information content (AvgIpc) is 2.78. The molecule has 2 heterocycles. The Morgan fingerprint density at radius 2 is 2.30 bits per heavy atom. The van der Waals surface area contributed by atoms with Gasteiger partial charge in [0.25, 0.3) is 5.91 Å². The first-order valence-corrected chi connectivity index (χ1v) is 8.50. The van der Waals surface area contributed by atoms with Gasteiger partial charge < -0.3 is 10.2 Å². The summed E-state index contributed by atoms with van der Waals surface area (Å²) in [5, 5.41) is 3.44. The Bertz CT molecular complexity index is 430. The van der Waals surface area contributed by atoms with Crippen molar-refractivity contribution >= 4 is 17.2 Å². The Kier molecular flexibility index (Phi) is 5.61. The first-order chi connectivity index (χ1) is 9.61. The SMILES string of the molecule is CCCN(CC1CCCNC1)C(=O)c1cc(C)c(C)s1. The quantitative estimate of drug-likeness (QED) is 0.904. The smallest absolute Gasteiger partial charge is 0.263 e. The molecular formula is C16H26N2OS. The summed E-state index contributed by atoms with van der Waals surface area (Å²) in [4.78, 5) is 16.9. The van der Waals surface area contributed by atoms with Gasteiger partial charge in [-0.2, -0.15) is 0 Å². The van der Waals surface area contributed by atoms with E-state index in [1.165, 1.54) is 23.3 Å². The Hall–Kier alpha value is -0.870. The fourth-order valence-electron chi connectivity index (χ4n) is 2.77. The lowest BCUT2D eigenvalue weighted by atomic mass is 9.99. The molecule has 0 saturated carbocycles. The highest BCUT2D eigenvalue weighted by atomic mass is 32.1. The number of carbonyl (C=O) groups excluding carboxylic acids is 1. The molecule has 3 nitrogen and oxygen atoms in total. The number of nitrogens with zero attached hydrogens (tertiary/aromatic N) is 1. The van der Waals surface area contributed by atoms with Crippen LogP contribution in [0.3, 0.4) is 0 Å². The summed E-state index contributed by atoms with van der Waals surface area (Å²) in [5.74, 6) is 0.833. The lowest BCUT2D eigenvalue weighted by molar-refractivity contribution is 0.0723. The van der Waals surface area contributed by atoms with E-state index < -0.39 is 0 Å². The Labute approximate surface area is 126 Å². The topological polar surface area (TPSA) is 32.3 Å². The molecule has 0 radical (unpaired) electrons. The molecule has 0 aliphatic carbocycles. The van der Waals surface area contributed by atoms with Gasteiger partial charge in [0.1, 0.15) is 0 Å². The third-order valence-corrected chi connectivity index (χ3v) is 5.18. The van der Waals surface area contributed by atoms with Gasteiger partial charge >= 0.3 is 0 Å². The van der Waals surface area contributed by atoms with Crippen LogP contribution in [0.15, 0.2) is 6.07 Å². The van der Waals surface area contributed by atoms with Crippen LogP contribution >= 0.6 is 11.3 Å². The first kappa shape index (κ1) is 15.5. The number of aryl methyl sites for hydroxylation is 2. The van der Waals surface area contributed by atoms with Crippen molar-refractivity contribution in [2.24, 2.45) is 5.92 Å². The molecule has 1 unspecified atom stereocenters. The van der Waals surface area contributed by atoms with Crippen LogP contribution in [0, 0.1) is 19.8 Å². The fraction of sp³-hybridized carbons (Fsp3) is 0.688. The van der Waals surface area contributed by atoms with Crippen molar-refractivity contribution in [3.8, 4) is 0 Å². The van der Waals surface area contributed by atoms with Crippen molar-refractivity contribution in [3.05, 3.63) is 21.4 Å². The van der Waals surface area contributed by atoms with E-state index in [9.17, 15) is 4.79 Å². The van der Waals surface area contributed by atoms with Crippen molar-refractivity contribution < 1.29 is 4.79 Å². The van der Waals surface area contributed by atoms with Gasteiger partial charge in [-0.05, 0) is 63.7 Å². The normalized spacial score (nSPS) is 19.1. The van der Waals surface area contributed by atoms with Crippen LogP contribution in [0.4, 0.5) is 0 Å². The number of nitrogens with one attached hydrogen (secondary N) is 1. The average molecular weight is 294 g/mol. The van der Waals surface area contributed by atoms with Gasteiger partial charge in [-0.15, -0.1) is 11.3 Å². The van der Waals surface area contributed by atoms with Crippen molar-refractivity contribution in [2.75, 3.05) is 26.2 Å². The number of amides is 1. The van der Waals surface area contributed by atoms with Gasteiger partial charge in [0.05, 0.1) is 4.88 Å². The molecule has 0 spiro atoms. The van der Waals surface area contributed by atoms with Gasteiger partial charge in [0.15, 0.2) is 0 Å². The number of carbonyl (C=O) groups is 1. The number of rotatable bonds is 5. The van der Waals surface area contributed by atoms with Crippen LogP contribution in [0.25, 0.3) is 0 Å². The van der Waals surface area contributed by atoms with Crippen molar-refractivity contribution in [1.82, 2.24) is 10.2 Å². The first-order valence-electron chi connectivity index (χ1n) is 7.68. The van der Waals surface area contributed by atoms with Crippen LogP contribution in [-0.4, -0.2) is 37.0 Å². The van der Waals surface area contributed by atoms with Crippen LogP contribution in [-0.2, 0) is 0 Å². The van der Waals surface area contributed by atoms with Crippen molar-refractivity contribution in [1.29, 1.82) is 0 Å². The predicted molar refractivity (Wildman–Crippen MR) is 85.6 cm³/mol. The van der Waals surface area contributed by atoms with E-state index in [4.69, 9.17) is 0 Å². The maximum Gasteiger partial charge on any atom is 0.263 e. The summed E-state index contributed by atoms with van der Waals surface area (Å²) in [6.45, 7) is 10.3. The lowest BCUT2D eigenvalue weighted by Gasteiger charge is -2.29. The molecule has 112 valence electrons. The van der Waals surface area contributed by atoms with E-state index in [1.807, 2.05) is 6.07 Å². The maximum absolute atomic E-state index is 12.7. The molecular weight excluding hydrogens is 268 g/mol. The minimum absolute atomic E-state index is 0.221. The minimum Gasteiger partial charge on any atom is -0.338 e. The molecule has 0 aromatic carbocycles. The highest BCUT2D eigenvalue weighted by Gasteiger charge is 2.22. The summed E-state index contributed by atoms with van der Waals surface area (Å²) in [6, 6.07) is 2.05. The molecule has 1 N–H and O–H groups in total. The Balaban J connectivity index is 2.04. The Morgan fingerprint density at radius 1 is 1.50 bits per heavy atom. The second-order valence-electron chi connectivity index (χ2n) is 5.81. The molecule has 1 saturated heterocycles. The van der Waals surface area contributed by atoms with Gasteiger partial charge in [0, 0.05) is 18.0 Å². The van der Waals surface area contributed by atoms with Gasteiger partial charge in [-0.1, -0.05) is 6.92 Å². The standard InChI is InChI=1S/C16H26N2OS/c1-4-8-18(11-14-6-5-7-17-10-14)16(19)15-9-12(2)13(3)20-15/h9,14,17H,4-8,10-11H2,1-3H3. The highest BCUT2D eigenvalue weighted by molar-refractivity contribution is 7.14. The van der Waals surface area contributed by atoms with E-state index in [0.717, 1.165) is 37.5 Å². The number of piperidine rings is 1. The van der Waals surface area contributed by atoms with Crippen molar-refractivity contribution in [3.63, 3.8) is 0 Å². The monoisotopic (exact) mass is 294 g/mol. The molecule has 1 aromatic heterocycles. The third-order valence-electron chi connectivity index (χ3n) is 4.04. The molecule has 20 heavy (non-hydrogen) atoms. The predicted octanol–water partition coefficient (Wildman–Crippen LogP) is 3.22. The molecule has 2 rings (SSSR count). The second-order valence-corrected chi connectivity index (χ2v) is 7.07. The molecule has 1 atom stereocenters. The van der Waals surface area contributed by atoms with Gasteiger partial charge in [-0.3, -0.25) is 4.79 Å². The van der Waals surface area contributed by atoms with E-state index in [2.05, 4.69) is 31.0 Å². The minimum atomic E-state index is 0.221. The number of hydrogen-bond acceptors (Lipinski definition) is 3. The van der Waals surface area contributed by atoms with Crippen LogP contribution in [0.2, 0.25) is 0 Å². The van der Waals surface area contributed by atoms with Crippen molar-refractivity contribution in [2.45, 2.75) is 40.0 Å². The Morgan fingerprint density at radius 3 is 2.85 bits per heavy atom. The molecule has 1 aliphatic heterocycles. The maximum atomic E-state index is 12.7. The van der Waals surface area contributed by atoms with E-state index in [-0.39, 0.29) is 5.91 Å². The third kappa shape index (κ3) is 3.83. The van der Waals surface area contributed by atoms with Crippen LogP contribution in [0.5, 0.6) is 0 Å². The summed E-state index contributed by atoms with van der Waals surface area (Å²) < 4.78 is 0. The zero-order valence-electron chi connectivity index (χ0n) is 12.9. The molecule has 1 fully saturated rings.